The molecule has 0 bridgehead atoms. The predicted molar refractivity (Wildman–Crippen MR) is 62.8 cm³/mol. The summed E-state index contributed by atoms with van der Waals surface area (Å²) in [5.41, 5.74) is -3.27. The van der Waals surface area contributed by atoms with Crippen molar-refractivity contribution in [3.8, 4) is 0 Å². The first-order valence-corrected chi connectivity index (χ1v) is 5.90. The maximum atomic E-state index is 13.4. The smallest absolute Gasteiger partial charge is 0.376 e. The van der Waals surface area contributed by atoms with E-state index in [4.69, 9.17) is 0 Å². The fourth-order valence-electron chi connectivity index (χ4n) is 1.79. The molecule has 2 rings (SSSR count). The summed E-state index contributed by atoms with van der Waals surface area (Å²) in [6.07, 6.45) is -4.93. The van der Waals surface area contributed by atoms with E-state index < -0.39 is 58.9 Å². The van der Waals surface area contributed by atoms with Gasteiger partial charge in [-0.2, -0.15) is 35.7 Å². The summed E-state index contributed by atoms with van der Waals surface area (Å²) >= 11 is 0. The molecule has 1 N–H and O–H groups in total. The highest BCUT2D eigenvalue weighted by atomic mass is 19.4. The highest BCUT2D eigenvalue weighted by molar-refractivity contribution is 5.46. The van der Waals surface area contributed by atoms with Crippen LogP contribution in [0.15, 0.2) is 18.2 Å². The van der Waals surface area contributed by atoms with E-state index >= 15 is 0 Å². The molecule has 2 nitrogen and oxygen atoms in total. The van der Waals surface area contributed by atoms with Crippen molar-refractivity contribution in [2.45, 2.75) is 12.7 Å². The maximum absolute atomic E-state index is 13.4. The number of pyridine rings is 1. The number of nitrogens with one attached hydrogen (secondary N) is 1. The van der Waals surface area contributed by atoms with Crippen LogP contribution in [0.2, 0.25) is 0 Å². The van der Waals surface area contributed by atoms with E-state index in [1.807, 2.05) is 5.32 Å². The fourth-order valence-corrected chi connectivity index (χ4v) is 1.79. The van der Waals surface area contributed by atoms with Gasteiger partial charge < -0.3 is 5.32 Å². The van der Waals surface area contributed by atoms with Crippen LogP contribution in [-0.2, 0) is 12.7 Å². The summed E-state index contributed by atoms with van der Waals surface area (Å²) < 4.78 is 104. The molecular formula is C13H6F8N2. The third kappa shape index (κ3) is 3.51. The molecular weight excluding hydrogens is 336 g/mol. The SMILES string of the molecule is Fc1ccc(CNc2c(F)c(F)nc(F)c2F)c(C(F)(F)F)c1. The zero-order valence-electron chi connectivity index (χ0n) is 10.9. The molecule has 1 aromatic heterocycles. The van der Waals surface area contributed by atoms with Gasteiger partial charge in [-0.15, -0.1) is 0 Å². The number of alkyl halides is 3. The summed E-state index contributed by atoms with van der Waals surface area (Å²) in [5, 5.41) is 1.82. The zero-order chi connectivity index (χ0) is 17.4. The minimum Gasteiger partial charge on any atom is -0.376 e. The van der Waals surface area contributed by atoms with E-state index in [2.05, 4.69) is 4.98 Å². The molecule has 0 unspecified atom stereocenters. The molecule has 124 valence electrons. The van der Waals surface area contributed by atoms with Crippen molar-refractivity contribution in [1.82, 2.24) is 4.98 Å². The second kappa shape index (κ2) is 6.01. The van der Waals surface area contributed by atoms with Gasteiger partial charge in [-0.3, -0.25) is 0 Å². The van der Waals surface area contributed by atoms with Crippen LogP contribution in [0, 0.1) is 29.3 Å². The van der Waals surface area contributed by atoms with Crippen LogP contribution in [0.25, 0.3) is 0 Å². The Bertz CT molecular complexity index is 715. The summed E-state index contributed by atoms with van der Waals surface area (Å²) in [5.74, 6) is -8.86. The lowest BCUT2D eigenvalue weighted by Crippen LogP contribution is -2.14. The van der Waals surface area contributed by atoms with Gasteiger partial charge in [0.1, 0.15) is 11.5 Å². The van der Waals surface area contributed by atoms with Gasteiger partial charge in [-0.1, -0.05) is 6.07 Å². The minimum absolute atomic E-state index is 0.192. The molecule has 0 radical (unpaired) electrons. The molecule has 0 saturated heterocycles. The lowest BCUT2D eigenvalue weighted by Gasteiger charge is -2.15. The number of hydrogen-bond donors (Lipinski definition) is 1. The van der Waals surface area contributed by atoms with Crippen LogP contribution in [0.3, 0.4) is 0 Å². The molecule has 0 spiro atoms. The fraction of sp³-hybridized carbons (Fsp3) is 0.154. The molecule has 2 aromatic rings. The average Bonchev–Trinajstić information content (AvgIpc) is 2.45. The number of rotatable bonds is 3. The Morgan fingerprint density at radius 1 is 0.913 bits per heavy atom. The Kier molecular flexibility index (Phi) is 4.44. The number of nitrogens with zero attached hydrogens (tertiary/aromatic N) is 1. The quantitative estimate of drug-likeness (QED) is 0.660. The molecule has 0 saturated carbocycles. The molecule has 0 aliphatic rings. The Morgan fingerprint density at radius 2 is 1.48 bits per heavy atom. The largest absolute Gasteiger partial charge is 0.416 e. The predicted octanol–water partition coefficient (Wildman–Crippen LogP) is 4.41. The van der Waals surface area contributed by atoms with Crippen LogP contribution in [0.5, 0.6) is 0 Å². The van der Waals surface area contributed by atoms with Crippen molar-refractivity contribution < 1.29 is 35.1 Å². The number of aromatic nitrogens is 1. The molecule has 0 aliphatic heterocycles. The molecule has 0 fully saturated rings. The lowest BCUT2D eigenvalue weighted by atomic mass is 10.1. The summed E-state index contributed by atoms with van der Waals surface area (Å²) in [6.45, 7) is -0.855. The minimum atomic E-state index is -4.93. The topological polar surface area (TPSA) is 24.9 Å². The molecule has 0 amide bonds. The van der Waals surface area contributed by atoms with E-state index in [1.54, 1.807) is 0 Å². The Hall–Kier alpha value is -2.39. The van der Waals surface area contributed by atoms with Crippen LogP contribution in [-0.4, -0.2) is 4.98 Å². The van der Waals surface area contributed by atoms with Crippen molar-refractivity contribution in [2.24, 2.45) is 0 Å². The van der Waals surface area contributed by atoms with Gasteiger partial charge in [0, 0.05) is 6.54 Å². The maximum Gasteiger partial charge on any atom is 0.416 e. The first kappa shape index (κ1) is 17.0. The van der Waals surface area contributed by atoms with Gasteiger partial charge >= 0.3 is 6.18 Å². The van der Waals surface area contributed by atoms with Crippen molar-refractivity contribution in [3.05, 3.63) is 58.7 Å². The molecule has 0 atom stereocenters. The van der Waals surface area contributed by atoms with Gasteiger partial charge in [0.2, 0.25) is 11.6 Å². The Balaban J connectivity index is 2.36. The van der Waals surface area contributed by atoms with Crippen molar-refractivity contribution in [3.63, 3.8) is 0 Å². The van der Waals surface area contributed by atoms with Gasteiger partial charge in [-0.05, 0) is 17.7 Å². The Labute approximate surface area is 123 Å². The Morgan fingerprint density at radius 3 is 2.00 bits per heavy atom. The molecule has 10 heteroatoms. The van der Waals surface area contributed by atoms with Crippen LogP contribution >= 0.6 is 0 Å². The van der Waals surface area contributed by atoms with Crippen LogP contribution in [0.1, 0.15) is 11.1 Å². The normalized spacial score (nSPS) is 11.7. The monoisotopic (exact) mass is 342 g/mol. The first-order valence-electron chi connectivity index (χ1n) is 5.90. The number of halogens is 8. The summed E-state index contributed by atoms with van der Waals surface area (Å²) in [4.78, 5) is 2.30. The van der Waals surface area contributed by atoms with Gasteiger partial charge in [-0.25, -0.2) is 4.39 Å². The molecule has 0 aliphatic carbocycles. The molecule has 1 heterocycles. The highest BCUT2D eigenvalue weighted by Crippen LogP contribution is 2.33. The second-order valence-electron chi connectivity index (χ2n) is 4.35. The number of hydrogen-bond acceptors (Lipinski definition) is 2. The van der Waals surface area contributed by atoms with Crippen molar-refractivity contribution >= 4 is 5.69 Å². The average molecular weight is 342 g/mol. The van der Waals surface area contributed by atoms with E-state index in [1.165, 1.54) is 0 Å². The van der Waals surface area contributed by atoms with E-state index in [9.17, 15) is 35.1 Å². The molecule has 1 aromatic carbocycles. The van der Waals surface area contributed by atoms with Gasteiger partial charge in [0.25, 0.3) is 11.9 Å². The van der Waals surface area contributed by atoms with Gasteiger partial charge in [0.05, 0.1) is 5.56 Å². The van der Waals surface area contributed by atoms with E-state index in [0.717, 1.165) is 6.07 Å². The standard InChI is InChI=1S/C13H6F8N2/c14-6-2-1-5(7(3-6)13(19,20)21)4-22-10-8(15)11(17)23-12(18)9(10)16/h1-3H,4H2,(H,22,23). The highest BCUT2D eigenvalue weighted by Gasteiger charge is 2.34. The third-order valence-corrected chi connectivity index (χ3v) is 2.83. The molecule has 23 heavy (non-hydrogen) atoms. The second-order valence-corrected chi connectivity index (χ2v) is 4.35. The first-order chi connectivity index (χ1) is 10.6. The van der Waals surface area contributed by atoms with E-state index in [0.29, 0.717) is 6.07 Å². The summed E-state index contributed by atoms with van der Waals surface area (Å²) in [6, 6.07) is 1.62. The summed E-state index contributed by atoms with van der Waals surface area (Å²) in [7, 11) is 0. The lowest BCUT2D eigenvalue weighted by molar-refractivity contribution is -0.138. The van der Waals surface area contributed by atoms with Crippen LogP contribution in [0.4, 0.5) is 40.8 Å². The van der Waals surface area contributed by atoms with Crippen LogP contribution < -0.4 is 5.32 Å². The zero-order valence-corrected chi connectivity index (χ0v) is 10.9. The van der Waals surface area contributed by atoms with Crippen molar-refractivity contribution in [1.29, 1.82) is 0 Å². The van der Waals surface area contributed by atoms with Crippen molar-refractivity contribution in [2.75, 3.05) is 5.32 Å². The van der Waals surface area contributed by atoms with Gasteiger partial charge in [0.15, 0.2) is 0 Å². The third-order valence-electron chi connectivity index (χ3n) is 2.83. The number of benzene rings is 1. The number of anilines is 1. The van der Waals surface area contributed by atoms with E-state index in [-0.39, 0.29) is 6.07 Å².